The minimum atomic E-state index is 0.169. The van der Waals surface area contributed by atoms with Gasteiger partial charge in [0.2, 0.25) is 0 Å². The van der Waals surface area contributed by atoms with E-state index < -0.39 is 0 Å². The highest BCUT2D eigenvalue weighted by atomic mass is 16.5. The van der Waals surface area contributed by atoms with E-state index in [4.69, 9.17) is 4.74 Å². The van der Waals surface area contributed by atoms with Gasteiger partial charge in [-0.25, -0.2) is 0 Å². The van der Waals surface area contributed by atoms with Gasteiger partial charge in [0.1, 0.15) is 0 Å². The molecule has 0 N–H and O–H groups in total. The van der Waals surface area contributed by atoms with Crippen LogP contribution in [0.1, 0.15) is 105 Å². The van der Waals surface area contributed by atoms with Crippen LogP contribution in [-0.2, 0) is 4.74 Å². The summed E-state index contributed by atoms with van der Waals surface area (Å²) >= 11 is 0. The zero-order valence-electron chi connectivity index (χ0n) is 15.8. The van der Waals surface area contributed by atoms with E-state index in [1.165, 1.54) is 64.2 Å². The van der Waals surface area contributed by atoms with E-state index in [0.717, 1.165) is 26.1 Å². The van der Waals surface area contributed by atoms with E-state index >= 15 is 0 Å². The first kappa shape index (κ1) is 21.5. The molecule has 0 heterocycles. The zero-order chi connectivity index (χ0) is 16.5. The number of hydrogen-bond acceptors (Lipinski definition) is 1. The summed E-state index contributed by atoms with van der Waals surface area (Å²) in [4.78, 5) is 0. The van der Waals surface area contributed by atoms with Crippen LogP contribution in [0.5, 0.6) is 0 Å². The molecule has 0 saturated carbocycles. The van der Waals surface area contributed by atoms with Crippen molar-refractivity contribution in [3.63, 3.8) is 0 Å². The van der Waals surface area contributed by atoms with E-state index in [2.05, 4.69) is 39.5 Å². The fourth-order valence-electron chi connectivity index (χ4n) is 2.41. The first-order chi connectivity index (χ1) is 10.6. The van der Waals surface area contributed by atoms with Gasteiger partial charge in [0.25, 0.3) is 0 Å². The molecule has 0 amide bonds. The Morgan fingerprint density at radius 1 is 0.682 bits per heavy atom. The van der Waals surface area contributed by atoms with Crippen molar-refractivity contribution in [2.75, 3.05) is 13.2 Å². The molecule has 0 spiro atoms. The van der Waals surface area contributed by atoms with Crippen LogP contribution in [0.3, 0.4) is 0 Å². The Labute approximate surface area is 140 Å². The summed E-state index contributed by atoms with van der Waals surface area (Å²) < 4.78 is 5.49. The van der Waals surface area contributed by atoms with Crippen LogP contribution < -0.4 is 0 Å². The highest BCUT2D eigenvalue weighted by Gasteiger charge is 2.02. The molecule has 0 bridgehead atoms. The highest BCUT2D eigenvalue weighted by molar-refractivity contribution is 5.06. The molecule has 0 aromatic heterocycles. The first-order valence-electron chi connectivity index (χ1n) is 9.64. The van der Waals surface area contributed by atoms with E-state index in [1.54, 1.807) is 0 Å². The third-order valence-electron chi connectivity index (χ3n) is 3.65. The lowest BCUT2D eigenvalue weighted by Crippen LogP contribution is -1.98. The van der Waals surface area contributed by atoms with E-state index in [1.807, 2.05) is 0 Å². The van der Waals surface area contributed by atoms with Crippen LogP contribution in [0.4, 0.5) is 0 Å². The van der Waals surface area contributed by atoms with Crippen molar-refractivity contribution in [1.29, 1.82) is 0 Å². The van der Waals surface area contributed by atoms with Gasteiger partial charge in [0, 0.05) is 25.0 Å². The van der Waals surface area contributed by atoms with E-state index in [9.17, 15) is 0 Å². The number of rotatable bonds is 14. The lowest BCUT2D eigenvalue weighted by Gasteiger charge is -2.06. The fraction of sp³-hybridized carbons (Fsp3) is 0.905. The van der Waals surface area contributed by atoms with E-state index in [0.29, 0.717) is 0 Å². The number of ether oxygens (including phenoxy) is 1. The molecular formula is C21H40O. The monoisotopic (exact) mass is 308 g/mol. The molecule has 0 aromatic rings. The normalized spacial score (nSPS) is 11.3. The molecule has 0 aliphatic heterocycles. The first-order valence-corrected chi connectivity index (χ1v) is 9.64. The SMILES string of the molecule is CCCOCCCCCCCCCCCCC#CC(C)(C)C. The zero-order valence-corrected chi connectivity index (χ0v) is 15.8. The van der Waals surface area contributed by atoms with Crippen LogP contribution in [0.2, 0.25) is 0 Å². The molecule has 0 aliphatic rings. The second-order valence-electron chi connectivity index (χ2n) is 7.45. The van der Waals surface area contributed by atoms with Crippen LogP contribution in [0, 0.1) is 17.3 Å². The largest absolute Gasteiger partial charge is 0.381 e. The van der Waals surface area contributed by atoms with Gasteiger partial charge in [-0.05, 0) is 40.0 Å². The molecule has 0 fully saturated rings. The molecular weight excluding hydrogens is 268 g/mol. The summed E-state index contributed by atoms with van der Waals surface area (Å²) in [6, 6.07) is 0. The molecule has 0 aliphatic carbocycles. The Bertz CT molecular complexity index is 277. The predicted molar refractivity (Wildman–Crippen MR) is 99.1 cm³/mol. The van der Waals surface area contributed by atoms with Gasteiger partial charge in [-0.3, -0.25) is 0 Å². The maximum absolute atomic E-state index is 5.49. The third-order valence-corrected chi connectivity index (χ3v) is 3.65. The summed E-state index contributed by atoms with van der Waals surface area (Å²) in [7, 11) is 0. The molecule has 0 atom stereocenters. The second-order valence-corrected chi connectivity index (χ2v) is 7.45. The van der Waals surface area contributed by atoms with Crippen molar-refractivity contribution < 1.29 is 4.74 Å². The number of hydrogen-bond donors (Lipinski definition) is 0. The molecule has 0 aromatic carbocycles. The minimum Gasteiger partial charge on any atom is -0.381 e. The molecule has 130 valence electrons. The van der Waals surface area contributed by atoms with Crippen molar-refractivity contribution in [3.8, 4) is 11.8 Å². The van der Waals surface area contributed by atoms with Gasteiger partial charge in [-0.15, -0.1) is 5.92 Å². The topological polar surface area (TPSA) is 9.23 Å². The molecule has 0 radical (unpaired) electrons. The fourth-order valence-corrected chi connectivity index (χ4v) is 2.41. The Kier molecular flexibility index (Phi) is 15.1. The quantitative estimate of drug-likeness (QED) is 0.254. The van der Waals surface area contributed by atoms with Gasteiger partial charge in [0.05, 0.1) is 0 Å². The molecule has 1 heteroatoms. The van der Waals surface area contributed by atoms with Crippen molar-refractivity contribution in [2.45, 2.75) is 105 Å². The summed E-state index contributed by atoms with van der Waals surface area (Å²) in [5.74, 6) is 6.62. The van der Waals surface area contributed by atoms with Crippen molar-refractivity contribution >= 4 is 0 Å². The Morgan fingerprint density at radius 3 is 1.68 bits per heavy atom. The summed E-state index contributed by atoms with van der Waals surface area (Å²) in [6.45, 7) is 10.6. The highest BCUT2D eigenvalue weighted by Crippen LogP contribution is 2.12. The summed E-state index contributed by atoms with van der Waals surface area (Å²) in [5.41, 5.74) is 0.169. The van der Waals surface area contributed by atoms with Crippen LogP contribution >= 0.6 is 0 Å². The maximum atomic E-state index is 5.49. The van der Waals surface area contributed by atoms with Crippen LogP contribution in [0.15, 0.2) is 0 Å². The van der Waals surface area contributed by atoms with Crippen molar-refractivity contribution in [3.05, 3.63) is 0 Å². The lowest BCUT2D eigenvalue weighted by molar-refractivity contribution is 0.130. The van der Waals surface area contributed by atoms with Gasteiger partial charge in [-0.2, -0.15) is 0 Å². The predicted octanol–water partition coefficient (Wildman–Crippen LogP) is 6.75. The summed E-state index contributed by atoms with van der Waals surface area (Å²) in [5, 5.41) is 0. The van der Waals surface area contributed by atoms with E-state index in [-0.39, 0.29) is 5.41 Å². The Balaban J connectivity index is 3.10. The second kappa shape index (κ2) is 15.4. The van der Waals surface area contributed by atoms with Crippen LogP contribution in [-0.4, -0.2) is 13.2 Å². The molecule has 1 nitrogen and oxygen atoms in total. The Hall–Kier alpha value is -0.480. The van der Waals surface area contributed by atoms with Crippen molar-refractivity contribution in [2.24, 2.45) is 5.41 Å². The standard InChI is InChI=1S/C21H40O/c1-5-19-22-20-17-15-13-11-9-7-6-8-10-12-14-16-18-21(2,3)4/h5-15,17,19-20H2,1-4H3. The molecule has 0 unspecified atom stereocenters. The molecule has 0 rings (SSSR count). The average molecular weight is 309 g/mol. The van der Waals surface area contributed by atoms with Gasteiger partial charge < -0.3 is 4.74 Å². The Morgan fingerprint density at radius 2 is 1.18 bits per heavy atom. The average Bonchev–Trinajstić information content (AvgIpc) is 2.45. The molecule has 22 heavy (non-hydrogen) atoms. The molecule has 0 saturated heterocycles. The minimum absolute atomic E-state index is 0.169. The number of unbranched alkanes of at least 4 members (excludes halogenated alkanes) is 10. The van der Waals surface area contributed by atoms with Gasteiger partial charge >= 0.3 is 0 Å². The van der Waals surface area contributed by atoms with Gasteiger partial charge in [0.15, 0.2) is 0 Å². The smallest absolute Gasteiger partial charge is 0.0466 e. The van der Waals surface area contributed by atoms with Gasteiger partial charge in [-0.1, -0.05) is 64.2 Å². The maximum Gasteiger partial charge on any atom is 0.0466 e. The summed E-state index contributed by atoms with van der Waals surface area (Å²) in [6.07, 6.45) is 15.9. The van der Waals surface area contributed by atoms with Crippen molar-refractivity contribution in [1.82, 2.24) is 0 Å². The lowest BCUT2D eigenvalue weighted by atomic mass is 9.97. The third kappa shape index (κ3) is 19.5. The van der Waals surface area contributed by atoms with Crippen LogP contribution in [0.25, 0.3) is 0 Å².